The van der Waals surface area contributed by atoms with Gasteiger partial charge in [-0.15, -0.1) is 15.3 Å². The first kappa shape index (κ1) is 18.4. The largest absolute Gasteiger partial charge is 0.453 e. The highest BCUT2D eigenvalue weighted by Gasteiger charge is 2.37. The summed E-state index contributed by atoms with van der Waals surface area (Å²) in [6.45, 7) is 0.540. The molecule has 3 heterocycles. The van der Waals surface area contributed by atoms with Gasteiger partial charge in [0, 0.05) is 6.54 Å². The Morgan fingerprint density at radius 3 is 2.78 bits per heavy atom. The number of H-pyrrole nitrogens is 1. The second-order valence-corrected chi connectivity index (χ2v) is 5.82. The minimum absolute atomic E-state index is 0.0278. The van der Waals surface area contributed by atoms with Gasteiger partial charge in [-0.25, -0.2) is 0 Å². The first-order valence-corrected chi connectivity index (χ1v) is 8.16. The van der Waals surface area contributed by atoms with Crippen LogP contribution in [0, 0.1) is 11.3 Å². The van der Waals surface area contributed by atoms with Crippen molar-refractivity contribution in [1.82, 2.24) is 30.0 Å². The fourth-order valence-corrected chi connectivity index (χ4v) is 2.58. The van der Waals surface area contributed by atoms with Crippen LogP contribution < -0.4 is 11.1 Å². The van der Waals surface area contributed by atoms with Crippen LogP contribution >= 0.6 is 0 Å². The molecule has 0 aromatic carbocycles. The van der Waals surface area contributed by atoms with Crippen LogP contribution in [0.25, 0.3) is 5.65 Å². The fourth-order valence-electron chi connectivity index (χ4n) is 2.58. The molecular weight excluding hydrogens is 363 g/mol. The Kier molecular flexibility index (Phi) is 5.11. The number of alkyl halides is 3. The van der Waals surface area contributed by atoms with Crippen LogP contribution in [0.1, 0.15) is 36.3 Å². The van der Waals surface area contributed by atoms with Crippen molar-refractivity contribution in [3.8, 4) is 6.07 Å². The van der Waals surface area contributed by atoms with E-state index in [0.717, 1.165) is 19.3 Å². The average molecular weight is 379 g/mol. The molecule has 3 aromatic rings. The second kappa shape index (κ2) is 7.48. The van der Waals surface area contributed by atoms with E-state index < -0.39 is 12.0 Å². The summed E-state index contributed by atoms with van der Waals surface area (Å²) < 4.78 is 39.2. The zero-order valence-corrected chi connectivity index (χ0v) is 14.1. The molecule has 0 amide bonds. The summed E-state index contributed by atoms with van der Waals surface area (Å²) in [7, 11) is 0. The molecule has 142 valence electrons. The van der Waals surface area contributed by atoms with Crippen LogP contribution in [0.5, 0.6) is 0 Å². The molecule has 0 saturated carbocycles. The monoisotopic (exact) mass is 379 g/mol. The zero-order chi connectivity index (χ0) is 19.4. The quantitative estimate of drug-likeness (QED) is 0.536. The third-order valence-electron chi connectivity index (χ3n) is 3.91. The molecule has 0 radical (unpaired) electrons. The van der Waals surface area contributed by atoms with Crippen molar-refractivity contribution in [3.05, 3.63) is 29.2 Å². The van der Waals surface area contributed by atoms with E-state index in [4.69, 9.17) is 11.0 Å². The van der Waals surface area contributed by atoms with Gasteiger partial charge >= 0.3 is 6.18 Å². The van der Waals surface area contributed by atoms with Crippen LogP contribution in [-0.2, 0) is 12.6 Å². The average Bonchev–Trinajstić information content (AvgIpc) is 3.20. The van der Waals surface area contributed by atoms with Gasteiger partial charge in [0.15, 0.2) is 11.5 Å². The van der Waals surface area contributed by atoms with E-state index in [-0.39, 0.29) is 11.5 Å². The Labute approximate surface area is 151 Å². The summed E-state index contributed by atoms with van der Waals surface area (Å²) in [5.74, 6) is -0.656. The van der Waals surface area contributed by atoms with Crippen LogP contribution in [0.4, 0.5) is 24.8 Å². The molecule has 12 heteroatoms. The van der Waals surface area contributed by atoms with Gasteiger partial charge in [0.25, 0.3) is 5.82 Å². The summed E-state index contributed by atoms with van der Waals surface area (Å²) in [5, 5.41) is 29.0. The topological polar surface area (TPSA) is 134 Å². The maximum atomic E-state index is 12.9. The number of unbranched alkanes of at least 4 members (excludes halogenated alkanes) is 2. The van der Waals surface area contributed by atoms with E-state index in [1.807, 2.05) is 6.07 Å². The van der Waals surface area contributed by atoms with Crippen LogP contribution in [-0.4, -0.2) is 36.6 Å². The number of nitrogen functional groups attached to an aromatic ring is 1. The number of nitriles is 1. The first-order valence-electron chi connectivity index (χ1n) is 8.16. The molecular formula is C15H16F3N9. The standard InChI is InChI=1S/C15H16F3N9/c16-15(17,18)14-25-23-12-6-5-11(26-27(12)14)21-7-3-1-2-4-10-9(8-19)13(20)24-22-10/h5-6H,1-4,7H2,(H,21,26)(H3,20,22,24). The number of nitrogens with zero attached hydrogens (tertiary/aromatic N) is 6. The lowest BCUT2D eigenvalue weighted by Crippen LogP contribution is -2.13. The molecule has 9 nitrogen and oxygen atoms in total. The number of rotatable bonds is 7. The molecule has 0 aliphatic rings. The first-order chi connectivity index (χ1) is 12.9. The highest BCUT2D eigenvalue weighted by Crippen LogP contribution is 2.27. The fraction of sp³-hybridized carbons (Fsp3) is 0.400. The normalized spacial score (nSPS) is 11.6. The Bertz CT molecular complexity index is 967. The number of halogens is 3. The summed E-state index contributed by atoms with van der Waals surface area (Å²) in [5.41, 5.74) is 6.69. The minimum Gasteiger partial charge on any atom is -0.381 e. The van der Waals surface area contributed by atoms with Crippen molar-refractivity contribution in [2.45, 2.75) is 31.9 Å². The number of aromatic amines is 1. The van der Waals surface area contributed by atoms with Crippen LogP contribution in [0.3, 0.4) is 0 Å². The summed E-state index contributed by atoms with van der Waals surface area (Å²) in [6, 6.07) is 4.99. The Morgan fingerprint density at radius 2 is 2.04 bits per heavy atom. The van der Waals surface area contributed by atoms with Crippen molar-refractivity contribution in [3.63, 3.8) is 0 Å². The van der Waals surface area contributed by atoms with Gasteiger partial charge in [0.2, 0.25) is 0 Å². The molecule has 0 unspecified atom stereocenters. The zero-order valence-electron chi connectivity index (χ0n) is 14.1. The van der Waals surface area contributed by atoms with E-state index in [1.165, 1.54) is 6.07 Å². The molecule has 0 bridgehead atoms. The second-order valence-electron chi connectivity index (χ2n) is 5.82. The number of aromatic nitrogens is 6. The van der Waals surface area contributed by atoms with Gasteiger partial charge in [-0.05, 0) is 31.4 Å². The van der Waals surface area contributed by atoms with E-state index in [9.17, 15) is 13.2 Å². The maximum absolute atomic E-state index is 12.9. The van der Waals surface area contributed by atoms with Crippen molar-refractivity contribution < 1.29 is 13.2 Å². The van der Waals surface area contributed by atoms with Crippen LogP contribution in [0.2, 0.25) is 0 Å². The predicted octanol–water partition coefficient (Wildman–Crippen LogP) is 2.14. The molecule has 0 spiro atoms. The molecule has 4 N–H and O–H groups in total. The molecule has 0 fully saturated rings. The Hall–Kier alpha value is -3.36. The number of hydrogen-bond acceptors (Lipinski definition) is 7. The molecule has 0 saturated heterocycles. The Balaban J connectivity index is 1.49. The lowest BCUT2D eigenvalue weighted by Gasteiger charge is -2.07. The molecule has 0 atom stereocenters. The molecule has 27 heavy (non-hydrogen) atoms. The lowest BCUT2D eigenvalue weighted by molar-refractivity contribution is -0.146. The lowest BCUT2D eigenvalue weighted by atomic mass is 10.1. The summed E-state index contributed by atoms with van der Waals surface area (Å²) >= 11 is 0. The minimum atomic E-state index is -4.62. The summed E-state index contributed by atoms with van der Waals surface area (Å²) in [6.07, 6.45) is -1.54. The predicted molar refractivity (Wildman–Crippen MR) is 89.5 cm³/mol. The number of fused-ring (bicyclic) bond motifs is 1. The van der Waals surface area contributed by atoms with Gasteiger partial charge in [-0.3, -0.25) is 5.10 Å². The van der Waals surface area contributed by atoms with Gasteiger partial charge < -0.3 is 11.1 Å². The van der Waals surface area contributed by atoms with Gasteiger partial charge in [-0.1, -0.05) is 6.42 Å². The van der Waals surface area contributed by atoms with Crippen molar-refractivity contribution in [2.75, 3.05) is 17.6 Å². The van der Waals surface area contributed by atoms with Crippen molar-refractivity contribution in [2.24, 2.45) is 0 Å². The number of nitrogens with one attached hydrogen (secondary N) is 2. The highest BCUT2D eigenvalue weighted by atomic mass is 19.4. The number of anilines is 2. The Morgan fingerprint density at radius 1 is 1.22 bits per heavy atom. The molecule has 3 rings (SSSR count). The van der Waals surface area contributed by atoms with Gasteiger partial charge in [-0.2, -0.15) is 28.0 Å². The van der Waals surface area contributed by atoms with Crippen LogP contribution in [0.15, 0.2) is 12.1 Å². The van der Waals surface area contributed by atoms with E-state index in [0.29, 0.717) is 34.6 Å². The van der Waals surface area contributed by atoms with E-state index >= 15 is 0 Å². The molecule has 3 aromatic heterocycles. The van der Waals surface area contributed by atoms with Gasteiger partial charge in [0.1, 0.15) is 17.5 Å². The third-order valence-corrected chi connectivity index (χ3v) is 3.91. The van der Waals surface area contributed by atoms with Crippen molar-refractivity contribution >= 4 is 17.3 Å². The third kappa shape index (κ3) is 4.08. The number of aryl methyl sites for hydroxylation is 1. The van der Waals surface area contributed by atoms with Gasteiger partial charge in [0.05, 0.1) is 5.69 Å². The SMILES string of the molecule is N#Cc1c(N)n[nH]c1CCCCCNc1ccc2nnc(C(F)(F)F)n2n1. The van der Waals surface area contributed by atoms with Crippen molar-refractivity contribution in [1.29, 1.82) is 5.26 Å². The highest BCUT2D eigenvalue weighted by molar-refractivity contribution is 5.50. The maximum Gasteiger partial charge on any atom is 0.453 e. The summed E-state index contributed by atoms with van der Waals surface area (Å²) in [4.78, 5) is 0. The van der Waals surface area contributed by atoms with E-state index in [1.54, 1.807) is 6.07 Å². The number of nitrogens with two attached hydrogens (primary N) is 1. The molecule has 0 aliphatic carbocycles. The van der Waals surface area contributed by atoms with E-state index in [2.05, 4.69) is 30.8 Å². The smallest absolute Gasteiger partial charge is 0.381 e. The number of hydrogen-bond donors (Lipinski definition) is 3. The molecule has 0 aliphatic heterocycles.